The van der Waals surface area contributed by atoms with E-state index in [1.54, 1.807) is 0 Å². The van der Waals surface area contributed by atoms with Gasteiger partial charge in [-0.05, 0) is 36.2 Å². The second kappa shape index (κ2) is 9.32. The third-order valence-corrected chi connectivity index (χ3v) is 7.29. The standard InChI is InChI=1S/C20H24N2OS2/c21-11-4-12-22(15-16-5-2-1-3-6-16)19(23)17-7-9-18(10-8-17)20-24-13-14-25-20/h1-3,5-10,20H,4,11-15,21H2. The van der Waals surface area contributed by atoms with Crippen LogP contribution in [0.25, 0.3) is 0 Å². The maximum Gasteiger partial charge on any atom is 0.254 e. The van der Waals surface area contributed by atoms with Crippen LogP contribution < -0.4 is 5.73 Å². The van der Waals surface area contributed by atoms with E-state index < -0.39 is 0 Å². The van der Waals surface area contributed by atoms with E-state index in [1.807, 2.05) is 58.8 Å². The highest BCUT2D eigenvalue weighted by molar-refractivity contribution is 8.19. The number of carbonyl (C=O) groups is 1. The van der Waals surface area contributed by atoms with E-state index in [2.05, 4.69) is 24.3 Å². The average molecular weight is 373 g/mol. The minimum absolute atomic E-state index is 0.0792. The quantitative estimate of drug-likeness (QED) is 0.793. The average Bonchev–Trinajstić information content (AvgIpc) is 3.20. The highest BCUT2D eigenvalue weighted by Crippen LogP contribution is 2.45. The predicted molar refractivity (Wildman–Crippen MR) is 109 cm³/mol. The molecule has 25 heavy (non-hydrogen) atoms. The Bertz CT molecular complexity index is 670. The van der Waals surface area contributed by atoms with Gasteiger partial charge in [-0.1, -0.05) is 42.5 Å². The number of benzene rings is 2. The number of hydrogen-bond donors (Lipinski definition) is 1. The smallest absolute Gasteiger partial charge is 0.254 e. The summed E-state index contributed by atoms with van der Waals surface area (Å²) in [6.45, 7) is 1.89. The SMILES string of the molecule is NCCCN(Cc1ccccc1)C(=O)c1ccc(C2SCCS2)cc1. The molecule has 1 fully saturated rings. The fraction of sp³-hybridized carbons (Fsp3) is 0.350. The zero-order valence-electron chi connectivity index (χ0n) is 14.3. The molecule has 1 aliphatic rings. The molecule has 0 unspecified atom stereocenters. The molecule has 5 heteroatoms. The first-order valence-electron chi connectivity index (χ1n) is 8.64. The summed E-state index contributed by atoms with van der Waals surface area (Å²) in [6.07, 6.45) is 0.812. The van der Waals surface area contributed by atoms with Gasteiger partial charge in [0.2, 0.25) is 0 Å². The number of nitrogens with zero attached hydrogens (tertiary/aromatic N) is 1. The van der Waals surface area contributed by atoms with Gasteiger partial charge in [-0.2, -0.15) is 0 Å². The highest BCUT2D eigenvalue weighted by Gasteiger charge is 2.20. The molecule has 2 aromatic rings. The molecule has 0 spiro atoms. The van der Waals surface area contributed by atoms with E-state index in [0.717, 1.165) is 17.5 Å². The predicted octanol–water partition coefficient (Wildman–Crippen LogP) is 4.16. The van der Waals surface area contributed by atoms with Crippen molar-refractivity contribution in [1.29, 1.82) is 0 Å². The van der Waals surface area contributed by atoms with Crippen LogP contribution in [-0.4, -0.2) is 35.4 Å². The monoisotopic (exact) mass is 372 g/mol. The summed E-state index contributed by atoms with van der Waals surface area (Å²) in [5.41, 5.74) is 8.86. The van der Waals surface area contributed by atoms with Crippen LogP contribution in [0.3, 0.4) is 0 Å². The molecular weight excluding hydrogens is 348 g/mol. The number of carbonyl (C=O) groups excluding carboxylic acids is 1. The van der Waals surface area contributed by atoms with Crippen LogP contribution in [0, 0.1) is 0 Å². The fourth-order valence-electron chi connectivity index (χ4n) is 2.85. The molecule has 0 radical (unpaired) electrons. The Morgan fingerprint density at radius 1 is 1.04 bits per heavy atom. The molecule has 1 heterocycles. The Hall–Kier alpha value is -1.43. The van der Waals surface area contributed by atoms with E-state index in [9.17, 15) is 4.79 Å². The lowest BCUT2D eigenvalue weighted by molar-refractivity contribution is 0.0742. The van der Waals surface area contributed by atoms with Crippen LogP contribution in [0.4, 0.5) is 0 Å². The molecular formula is C20H24N2OS2. The van der Waals surface area contributed by atoms with Crippen LogP contribution in [0.1, 0.15) is 32.5 Å². The molecule has 0 bridgehead atoms. The van der Waals surface area contributed by atoms with Crippen molar-refractivity contribution in [3.8, 4) is 0 Å². The lowest BCUT2D eigenvalue weighted by atomic mass is 10.1. The van der Waals surface area contributed by atoms with Gasteiger partial charge in [0.15, 0.2) is 0 Å². The van der Waals surface area contributed by atoms with Crippen molar-refractivity contribution in [3.05, 3.63) is 71.3 Å². The Morgan fingerprint density at radius 2 is 1.72 bits per heavy atom. The van der Waals surface area contributed by atoms with E-state index in [1.165, 1.54) is 17.1 Å². The summed E-state index contributed by atoms with van der Waals surface area (Å²) in [7, 11) is 0. The molecule has 2 N–H and O–H groups in total. The highest BCUT2D eigenvalue weighted by atomic mass is 32.2. The summed E-state index contributed by atoms with van der Waals surface area (Å²) < 4.78 is 0.516. The van der Waals surface area contributed by atoms with Crippen molar-refractivity contribution < 1.29 is 4.79 Å². The van der Waals surface area contributed by atoms with Crippen molar-refractivity contribution in [3.63, 3.8) is 0 Å². The van der Waals surface area contributed by atoms with Crippen molar-refractivity contribution in [1.82, 2.24) is 4.90 Å². The van der Waals surface area contributed by atoms with Gasteiger partial charge in [-0.25, -0.2) is 0 Å². The zero-order chi connectivity index (χ0) is 17.5. The van der Waals surface area contributed by atoms with Crippen LogP contribution in [-0.2, 0) is 6.54 Å². The fourth-order valence-corrected chi connectivity index (χ4v) is 5.71. The summed E-state index contributed by atoms with van der Waals surface area (Å²) in [4.78, 5) is 14.9. The van der Waals surface area contributed by atoms with Gasteiger partial charge in [-0.3, -0.25) is 4.79 Å². The Labute approximate surface area is 158 Å². The molecule has 3 rings (SSSR count). The van der Waals surface area contributed by atoms with Crippen molar-refractivity contribution in [2.24, 2.45) is 5.73 Å². The summed E-state index contributed by atoms with van der Waals surface area (Å²) in [5.74, 6) is 2.50. The van der Waals surface area contributed by atoms with Crippen LogP contribution in [0.2, 0.25) is 0 Å². The number of hydrogen-bond acceptors (Lipinski definition) is 4. The minimum Gasteiger partial charge on any atom is -0.334 e. The van der Waals surface area contributed by atoms with Gasteiger partial charge in [0.05, 0.1) is 4.58 Å². The molecule has 1 aliphatic heterocycles. The second-order valence-corrected chi connectivity index (χ2v) is 8.77. The Balaban J connectivity index is 1.71. The Kier molecular flexibility index (Phi) is 6.84. The number of nitrogens with two attached hydrogens (primary N) is 1. The third kappa shape index (κ3) is 5.03. The third-order valence-electron chi connectivity index (χ3n) is 4.19. The summed E-state index contributed by atoms with van der Waals surface area (Å²) >= 11 is 3.97. The molecule has 1 amide bonds. The van der Waals surface area contributed by atoms with Gasteiger partial charge in [0.1, 0.15) is 0 Å². The number of amides is 1. The Morgan fingerprint density at radius 3 is 2.36 bits per heavy atom. The maximum atomic E-state index is 13.0. The molecule has 1 saturated heterocycles. The van der Waals surface area contributed by atoms with E-state index in [4.69, 9.17) is 5.73 Å². The van der Waals surface area contributed by atoms with E-state index in [0.29, 0.717) is 24.2 Å². The van der Waals surface area contributed by atoms with Crippen molar-refractivity contribution in [2.75, 3.05) is 24.6 Å². The van der Waals surface area contributed by atoms with Gasteiger partial charge in [0.25, 0.3) is 5.91 Å². The normalized spacial score (nSPS) is 14.6. The largest absolute Gasteiger partial charge is 0.334 e. The molecule has 0 saturated carbocycles. The topological polar surface area (TPSA) is 46.3 Å². The van der Waals surface area contributed by atoms with Crippen molar-refractivity contribution in [2.45, 2.75) is 17.5 Å². The summed E-state index contributed by atoms with van der Waals surface area (Å²) in [6, 6.07) is 18.3. The van der Waals surface area contributed by atoms with E-state index >= 15 is 0 Å². The van der Waals surface area contributed by atoms with Crippen LogP contribution in [0.5, 0.6) is 0 Å². The first-order valence-corrected chi connectivity index (χ1v) is 10.7. The number of thioether (sulfide) groups is 2. The molecule has 0 aromatic heterocycles. The van der Waals surface area contributed by atoms with Gasteiger partial charge >= 0.3 is 0 Å². The lowest BCUT2D eigenvalue weighted by Crippen LogP contribution is -2.32. The van der Waals surface area contributed by atoms with Gasteiger partial charge < -0.3 is 10.6 Å². The van der Waals surface area contributed by atoms with Crippen molar-refractivity contribution >= 4 is 29.4 Å². The molecule has 0 atom stereocenters. The molecule has 3 nitrogen and oxygen atoms in total. The maximum absolute atomic E-state index is 13.0. The first kappa shape index (κ1) is 18.4. The number of rotatable bonds is 7. The van der Waals surface area contributed by atoms with Gasteiger partial charge in [0, 0.05) is 30.2 Å². The second-order valence-electron chi connectivity index (χ2n) is 6.05. The van der Waals surface area contributed by atoms with E-state index in [-0.39, 0.29) is 5.91 Å². The van der Waals surface area contributed by atoms with Gasteiger partial charge in [-0.15, -0.1) is 23.5 Å². The van der Waals surface area contributed by atoms with Crippen LogP contribution in [0.15, 0.2) is 54.6 Å². The molecule has 0 aliphatic carbocycles. The minimum atomic E-state index is 0.0792. The zero-order valence-corrected chi connectivity index (χ0v) is 15.9. The lowest BCUT2D eigenvalue weighted by Gasteiger charge is -2.23. The molecule has 2 aromatic carbocycles. The summed E-state index contributed by atoms with van der Waals surface area (Å²) in [5, 5.41) is 0. The molecule has 132 valence electrons. The first-order chi connectivity index (χ1) is 12.3. The van der Waals surface area contributed by atoms with Crippen LogP contribution >= 0.6 is 23.5 Å².